The van der Waals surface area contributed by atoms with Crippen LogP contribution < -0.4 is 5.32 Å². The minimum Gasteiger partial charge on any atom is -0.350 e. The zero-order chi connectivity index (χ0) is 13.2. The highest BCUT2D eigenvalue weighted by Gasteiger charge is 2.05. The molecule has 0 radical (unpaired) electrons. The van der Waals surface area contributed by atoms with Crippen molar-refractivity contribution in [1.82, 2.24) is 4.98 Å². The van der Waals surface area contributed by atoms with Crippen LogP contribution in [0.3, 0.4) is 0 Å². The Balaban J connectivity index is 1.95. The predicted octanol–water partition coefficient (Wildman–Crippen LogP) is 4.72. The number of hydrogen-bond acceptors (Lipinski definition) is 3. The average molecular weight is 284 g/mol. The highest BCUT2D eigenvalue weighted by atomic mass is 32.1. The first kappa shape index (κ1) is 12.3. The van der Waals surface area contributed by atoms with E-state index in [1.165, 1.54) is 4.70 Å². The number of rotatable bonds is 2. The number of aromatic nitrogens is 1. The van der Waals surface area contributed by atoms with Crippen LogP contribution in [-0.4, -0.2) is 9.97 Å². The van der Waals surface area contributed by atoms with Gasteiger partial charge in [0.15, 0.2) is 0 Å². The Kier molecular flexibility index (Phi) is 3.27. The molecule has 3 aromatic rings. The minimum atomic E-state index is 0.771. The monoisotopic (exact) mass is 284 g/mol. The summed E-state index contributed by atoms with van der Waals surface area (Å²) < 4.78 is 1.22. The smallest absolute Gasteiger partial charge is 0.124 e. The fourth-order valence-electron chi connectivity index (χ4n) is 1.90. The molecule has 0 amide bonds. The molecule has 0 saturated carbocycles. The SMILES string of the molecule is CC(=S)Nc1ccc(-c2nc3ccccc3s2)cc1. The molecule has 19 heavy (non-hydrogen) atoms. The first-order valence-electron chi connectivity index (χ1n) is 5.96. The molecule has 1 N–H and O–H groups in total. The third-order valence-corrected chi connectivity index (χ3v) is 3.93. The highest BCUT2D eigenvalue weighted by molar-refractivity contribution is 7.80. The second-order valence-corrected chi connectivity index (χ2v) is 5.89. The van der Waals surface area contributed by atoms with E-state index in [2.05, 4.69) is 28.5 Å². The van der Waals surface area contributed by atoms with Crippen LogP contribution in [0.15, 0.2) is 48.5 Å². The topological polar surface area (TPSA) is 24.9 Å². The van der Waals surface area contributed by atoms with Crippen LogP contribution in [-0.2, 0) is 0 Å². The number of nitrogens with zero attached hydrogens (tertiary/aromatic N) is 1. The van der Waals surface area contributed by atoms with Gasteiger partial charge in [0.05, 0.1) is 15.2 Å². The number of nitrogens with one attached hydrogen (secondary N) is 1. The van der Waals surface area contributed by atoms with Crippen LogP contribution in [0, 0.1) is 0 Å². The van der Waals surface area contributed by atoms with Gasteiger partial charge in [0, 0.05) is 11.3 Å². The summed E-state index contributed by atoms with van der Waals surface area (Å²) >= 11 is 6.74. The lowest BCUT2D eigenvalue weighted by Crippen LogP contribution is -2.02. The molecule has 0 atom stereocenters. The van der Waals surface area contributed by atoms with E-state index in [-0.39, 0.29) is 0 Å². The third-order valence-electron chi connectivity index (χ3n) is 2.75. The third kappa shape index (κ3) is 2.64. The van der Waals surface area contributed by atoms with Crippen LogP contribution in [0.4, 0.5) is 5.69 Å². The van der Waals surface area contributed by atoms with E-state index in [4.69, 9.17) is 12.2 Å². The van der Waals surface area contributed by atoms with Gasteiger partial charge in [0.2, 0.25) is 0 Å². The summed E-state index contributed by atoms with van der Waals surface area (Å²) in [7, 11) is 0. The predicted molar refractivity (Wildman–Crippen MR) is 87.0 cm³/mol. The fraction of sp³-hybridized carbons (Fsp3) is 0.0667. The molecule has 0 fully saturated rings. The molecule has 0 aliphatic carbocycles. The first-order valence-corrected chi connectivity index (χ1v) is 7.18. The number of thiazole rings is 1. The van der Waals surface area contributed by atoms with Gasteiger partial charge in [-0.05, 0) is 43.3 Å². The van der Waals surface area contributed by atoms with Crippen molar-refractivity contribution in [2.45, 2.75) is 6.92 Å². The molecule has 0 aliphatic heterocycles. The van der Waals surface area contributed by atoms with Gasteiger partial charge in [0.25, 0.3) is 0 Å². The van der Waals surface area contributed by atoms with Crippen molar-refractivity contribution in [3.05, 3.63) is 48.5 Å². The Morgan fingerprint density at radius 3 is 2.53 bits per heavy atom. The summed E-state index contributed by atoms with van der Waals surface area (Å²) in [6, 6.07) is 16.4. The van der Waals surface area contributed by atoms with Gasteiger partial charge < -0.3 is 5.32 Å². The number of thiocarbonyl (C=S) groups is 1. The lowest BCUT2D eigenvalue weighted by molar-refractivity contribution is 1.47. The molecule has 4 heteroatoms. The zero-order valence-corrected chi connectivity index (χ0v) is 12.0. The summed E-state index contributed by atoms with van der Waals surface area (Å²) in [6.07, 6.45) is 0. The van der Waals surface area contributed by atoms with Crippen molar-refractivity contribution in [3.63, 3.8) is 0 Å². The van der Waals surface area contributed by atoms with Crippen molar-refractivity contribution in [2.75, 3.05) is 5.32 Å². The Hall–Kier alpha value is -1.78. The van der Waals surface area contributed by atoms with Crippen LogP contribution in [0.2, 0.25) is 0 Å². The summed E-state index contributed by atoms with van der Waals surface area (Å²) in [5.74, 6) is 0. The number of benzene rings is 2. The fourth-order valence-corrected chi connectivity index (χ4v) is 2.98. The van der Waals surface area contributed by atoms with Crippen molar-refractivity contribution < 1.29 is 0 Å². The molecule has 1 aromatic heterocycles. The number of anilines is 1. The Bertz CT molecular complexity index is 696. The van der Waals surface area contributed by atoms with E-state index >= 15 is 0 Å². The standard InChI is InChI=1S/C15H12N2S2/c1-10(18)16-12-8-6-11(7-9-12)15-17-13-4-2-3-5-14(13)19-15/h2-9H,1H3,(H,16,18). The van der Waals surface area contributed by atoms with Gasteiger partial charge in [-0.2, -0.15) is 0 Å². The summed E-state index contributed by atoms with van der Waals surface area (Å²) in [4.78, 5) is 5.42. The lowest BCUT2D eigenvalue weighted by Gasteiger charge is -2.03. The van der Waals surface area contributed by atoms with Crippen LogP contribution in [0.1, 0.15) is 6.92 Å². The lowest BCUT2D eigenvalue weighted by atomic mass is 10.2. The Morgan fingerprint density at radius 2 is 1.84 bits per heavy atom. The minimum absolute atomic E-state index is 0.771. The largest absolute Gasteiger partial charge is 0.350 e. The van der Waals surface area contributed by atoms with Crippen LogP contribution >= 0.6 is 23.6 Å². The number of para-hydroxylation sites is 1. The molecule has 2 aromatic carbocycles. The molecule has 0 spiro atoms. The molecular weight excluding hydrogens is 272 g/mol. The van der Waals surface area contributed by atoms with Crippen LogP contribution in [0.5, 0.6) is 0 Å². The van der Waals surface area contributed by atoms with Crippen molar-refractivity contribution in [1.29, 1.82) is 0 Å². The molecule has 0 aliphatic rings. The van der Waals surface area contributed by atoms with Crippen molar-refractivity contribution >= 4 is 44.4 Å². The van der Waals surface area contributed by atoms with Gasteiger partial charge in [-0.1, -0.05) is 24.4 Å². The summed E-state index contributed by atoms with van der Waals surface area (Å²) in [6.45, 7) is 1.87. The quantitative estimate of drug-likeness (QED) is 0.689. The molecule has 2 nitrogen and oxygen atoms in total. The van der Waals surface area contributed by atoms with Crippen LogP contribution in [0.25, 0.3) is 20.8 Å². The molecule has 3 rings (SSSR count). The second-order valence-electron chi connectivity index (χ2n) is 4.25. The molecule has 0 saturated heterocycles. The van der Waals surface area contributed by atoms with E-state index < -0.39 is 0 Å². The van der Waals surface area contributed by atoms with E-state index in [1.807, 2.05) is 37.3 Å². The molecule has 0 bridgehead atoms. The Morgan fingerprint density at radius 1 is 1.11 bits per heavy atom. The molecule has 0 unspecified atom stereocenters. The van der Waals surface area contributed by atoms with E-state index in [9.17, 15) is 0 Å². The normalized spacial score (nSPS) is 10.6. The van der Waals surface area contributed by atoms with Gasteiger partial charge >= 0.3 is 0 Å². The molecular formula is C15H12N2S2. The number of fused-ring (bicyclic) bond motifs is 1. The zero-order valence-electron chi connectivity index (χ0n) is 10.4. The van der Waals surface area contributed by atoms with Crippen molar-refractivity contribution in [3.8, 4) is 10.6 Å². The molecule has 1 heterocycles. The maximum Gasteiger partial charge on any atom is 0.124 e. The van der Waals surface area contributed by atoms with E-state index in [0.29, 0.717) is 0 Å². The van der Waals surface area contributed by atoms with E-state index in [1.54, 1.807) is 11.3 Å². The first-order chi connectivity index (χ1) is 9.22. The van der Waals surface area contributed by atoms with Gasteiger partial charge in [-0.15, -0.1) is 11.3 Å². The van der Waals surface area contributed by atoms with Gasteiger partial charge in [-0.25, -0.2) is 4.98 Å². The summed E-state index contributed by atoms with van der Waals surface area (Å²) in [5.41, 5.74) is 3.20. The molecule has 94 valence electrons. The maximum atomic E-state index is 5.03. The average Bonchev–Trinajstić information content (AvgIpc) is 2.82. The Labute approximate surface area is 121 Å². The van der Waals surface area contributed by atoms with Gasteiger partial charge in [-0.3, -0.25) is 0 Å². The van der Waals surface area contributed by atoms with Gasteiger partial charge in [0.1, 0.15) is 5.01 Å². The second kappa shape index (κ2) is 5.07. The maximum absolute atomic E-state index is 5.03. The number of hydrogen-bond donors (Lipinski definition) is 1. The highest BCUT2D eigenvalue weighted by Crippen LogP contribution is 2.30. The van der Waals surface area contributed by atoms with E-state index in [0.717, 1.165) is 26.8 Å². The van der Waals surface area contributed by atoms with Crippen molar-refractivity contribution in [2.24, 2.45) is 0 Å². The summed E-state index contributed by atoms with van der Waals surface area (Å²) in [5, 5.41) is 4.17.